The maximum absolute atomic E-state index is 12.4. The van der Waals surface area contributed by atoms with Crippen LogP contribution in [-0.2, 0) is 17.6 Å². The molecule has 0 saturated heterocycles. The molecule has 4 rings (SSSR count). The normalized spacial score (nSPS) is 12.8. The number of anilines is 1. The summed E-state index contributed by atoms with van der Waals surface area (Å²) in [5, 5.41) is 3.21. The first kappa shape index (κ1) is 19.2. The van der Waals surface area contributed by atoms with Crippen LogP contribution < -0.4 is 15.8 Å². The zero-order valence-corrected chi connectivity index (χ0v) is 16.8. The Morgan fingerprint density at radius 1 is 1.00 bits per heavy atom. The van der Waals surface area contributed by atoms with E-state index in [2.05, 4.69) is 11.4 Å². The van der Waals surface area contributed by atoms with Crippen LogP contribution in [0.2, 0.25) is 0 Å². The molecule has 0 aliphatic heterocycles. The molecular weight excluding hydrogens is 384 g/mol. The van der Waals surface area contributed by atoms with Gasteiger partial charge in [0.15, 0.2) is 6.61 Å². The molecule has 1 aromatic heterocycles. The number of benzene rings is 2. The second-order valence-corrected chi connectivity index (χ2v) is 8.11. The first-order chi connectivity index (χ1) is 14.1. The van der Waals surface area contributed by atoms with Crippen molar-refractivity contribution in [3.8, 4) is 16.2 Å². The summed E-state index contributed by atoms with van der Waals surface area (Å²) in [6.07, 6.45) is 4.57. The van der Waals surface area contributed by atoms with E-state index in [0.29, 0.717) is 16.3 Å². The van der Waals surface area contributed by atoms with E-state index in [4.69, 9.17) is 10.5 Å². The van der Waals surface area contributed by atoms with E-state index in [9.17, 15) is 9.59 Å². The van der Waals surface area contributed by atoms with E-state index in [0.717, 1.165) is 23.3 Å². The fourth-order valence-electron chi connectivity index (χ4n) is 3.52. The van der Waals surface area contributed by atoms with Crippen LogP contribution in [0.1, 0.15) is 34.3 Å². The zero-order valence-electron chi connectivity index (χ0n) is 15.9. The summed E-state index contributed by atoms with van der Waals surface area (Å²) in [5.41, 5.74) is 9.43. The lowest BCUT2D eigenvalue weighted by molar-refractivity contribution is -0.118. The molecule has 0 saturated carbocycles. The molecular formula is C23H22N2O3S. The lowest BCUT2D eigenvalue weighted by Crippen LogP contribution is -2.22. The third kappa shape index (κ3) is 4.49. The number of amides is 2. The third-order valence-electron chi connectivity index (χ3n) is 5.00. The molecule has 5 nitrogen and oxygen atoms in total. The number of nitrogens with one attached hydrogen (secondary N) is 1. The lowest BCUT2D eigenvalue weighted by Gasteiger charge is -2.16. The Kier molecular flexibility index (Phi) is 5.62. The van der Waals surface area contributed by atoms with Gasteiger partial charge in [-0.15, -0.1) is 11.3 Å². The van der Waals surface area contributed by atoms with E-state index in [1.165, 1.54) is 35.3 Å². The summed E-state index contributed by atoms with van der Waals surface area (Å²) < 4.78 is 5.67. The van der Waals surface area contributed by atoms with Crippen molar-refractivity contribution < 1.29 is 14.3 Å². The SMILES string of the molecule is NC(=O)c1cc(-c2ccccc2)sc1NC(=O)COc1ccc2c(c1)CCCC2. The maximum Gasteiger partial charge on any atom is 0.262 e. The van der Waals surface area contributed by atoms with Crippen molar-refractivity contribution in [2.75, 3.05) is 11.9 Å². The standard InChI is InChI=1S/C23H22N2O3S/c24-22(27)19-13-20(16-7-2-1-3-8-16)29-23(19)25-21(26)14-28-18-11-10-15-6-4-5-9-17(15)12-18/h1-3,7-8,10-13H,4-6,9,14H2,(H2,24,27)(H,25,26). The van der Waals surface area contributed by atoms with Crippen molar-refractivity contribution in [1.82, 2.24) is 0 Å². The van der Waals surface area contributed by atoms with Crippen molar-refractivity contribution in [2.45, 2.75) is 25.7 Å². The van der Waals surface area contributed by atoms with Gasteiger partial charge in [-0.3, -0.25) is 9.59 Å². The quantitative estimate of drug-likeness (QED) is 0.636. The van der Waals surface area contributed by atoms with Gasteiger partial charge in [-0.1, -0.05) is 36.4 Å². The highest BCUT2D eigenvalue weighted by Gasteiger charge is 2.17. The van der Waals surface area contributed by atoms with Crippen LogP contribution in [0.25, 0.3) is 10.4 Å². The third-order valence-corrected chi connectivity index (χ3v) is 6.10. The smallest absolute Gasteiger partial charge is 0.262 e. The fourth-order valence-corrected chi connectivity index (χ4v) is 4.61. The van der Waals surface area contributed by atoms with Crippen LogP contribution in [0, 0.1) is 0 Å². The van der Waals surface area contributed by atoms with Gasteiger partial charge in [0.1, 0.15) is 10.8 Å². The number of primary amides is 1. The van der Waals surface area contributed by atoms with Crippen molar-refractivity contribution in [3.05, 3.63) is 71.3 Å². The Hall–Kier alpha value is -3.12. The summed E-state index contributed by atoms with van der Waals surface area (Å²) in [6.45, 7) is -0.129. The van der Waals surface area contributed by atoms with E-state index in [-0.39, 0.29) is 12.5 Å². The Morgan fingerprint density at radius 3 is 2.52 bits per heavy atom. The molecule has 3 N–H and O–H groups in total. The number of hydrogen-bond acceptors (Lipinski definition) is 4. The van der Waals surface area contributed by atoms with Gasteiger partial charge in [-0.2, -0.15) is 0 Å². The molecule has 3 aromatic rings. The Bertz CT molecular complexity index is 1040. The molecule has 2 amide bonds. The molecule has 6 heteroatoms. The number of thiophene rings is 1. The Balaban J connectivity index is 1.44. The topological polar surface area (TPSA) is 81.4 Å². The molecule has 0 spiro atoms. The van der Waals surface area contributed by atoms with Gasteiger partial charge in [0.2, 0.25) is 0 Å². The minimum Gasteiger partial charge on any atom is -0.484 e. The summed E-state index contributed by atoms with van der Waals surface area (Å²) in [6, 6.07) is 17.4. The Labute approximate surface area is 173 Å². The predicted octanol–water partition coefficient (Wildman–Crippen LogP) is 4.41. The van der Waals surface area contributed by atoms with Gasteiger partial charge in [-0.25, -0.2) is 0 Å². The van der Waals surface area contributed by atoms with Gasteiger partial charge in [-0.05, 0) is 60.6 Å². The predicted molar refractivity (Wildman–Crippen MR) is 115 cm³/mol. The van der Waals surface area contributed by atoms with Gasteiger partial charge >= 0.3 is 0 Å². The van der Waals surface area contributed by atoms with E-state index in [1.807, 2.05) is 42.5 Å². The highest BCUT2D eigenvalue weighted by molar-refractivity contribution is 7.20. The number of rotatable bonds is 6. The zero-order chi connectivity index (χ0) is 20.2. The van der Waals surface area contributed by atoms with Crippen LogP contribution in [0.15, 0.2) is 54.6 Å². The molecule has 0 unspecified atom stereocenters. The number of nitrogens with two attached hydrogens (primary N) is 1. The molecule has 0 radical (unpaired) electrons. The molecule has 0 atom stereocenters. The number of carbonyl (C=O) groups excluding carboxylic acids is 2. The number of carbonyl (C=O) groups is 2. The van der Waals surface area contributed by atoms with Gasteiger partial charge < -0.3 is 15.8 Å². The monoisotopic (exact) mass is 406 g/mol. The van der Waals surface area contributed by atoms with Crippen LogP contribution in [-0.4, -0.2) is 18.4 Å². The minimum absolute atomic E-state index is 0.129. The van der Waals surface area contributed by atoms with Crippen LogP contribution in [0.4, 0.5) is 5.00 Å². The second-order valence-electron chi connectivity index (χ2n) is 7.06. The number of hydrogen-bond donors (Lipinski definition) is 2. The van der Waals surface area contributed by atoms with E-state index < -0.39 is 5.91 Å². The fraction of sp³-hybridized carbons (Fsp3) is 0.217. The number of ether oxygens (including phenoxy) is 1. The van der Waals surface area contributed by atoms with Crippen LogP contribution >= 0.6 is 11.3 Å². The first-order valence-corrected chi connectivity index (χ1v) is 10.5. The molecule has 148 valence electrons. The van der Waals surface area contributed by atoms with Crippen molar-refractivity contribution in [3.63, 3.8) is 0 Å². The summed E-state index contributed by atoms with van der Waals surface area (Å²) in [5.74, 6) is -0.215. The largest absolute Gasteiger partial charge is 0.484 e. The molecule has 1 aliphatic rings. The van der Waals surface area contributed by atoms with Crippen LogP contribution in [0.5, 0.6) is 5.75 Å². The van der Waals surface area contributed by atoms with Gasteiger partial charge in [0, 0.05) is 4.88 Å². The van der Waals surface area contributed by atoms with Crippen molar-refractivity contribution in [2.24, 2.45) is 5.73 Å². The molecule has 0 bridgehead atoms. The molecule has 1 heterocycles. The summed E-state index contributed by atoms with van der Waals surface area (Å²) >= 11 is 1.32. The second kappa shape index (κ2) is 8.49. The number of fused-ring (bicyclic) bond motifs is 1. The van der Waals surface area contributed by atoms with Gasteiger partial charge in [0.05, 0.1) is 5.56 Å². The van der Waals surface area contributed by atoms with Gasteiger partial charge in [0.25, 0.3) is 11.8 Å². The van der Waals surface area contributed by atoms with Crippen molar-refractivity contribution in [1.29, 1.82) is 0 Å². The van der Waals surface area contributed by atoms with Crippen LogP contribution in [0.3, 0.4) is 0 Å². The highest BCUT2D eigenvalue weighted by atomic mass is 32.1. The van der Waals surface area contributed by atoms with E-state index in [1.54, 1.807) is 6.07 Å². The summed E-state index contributed by atoms with van der Waals surface area (Å²) in [4.78, 5) is 25.1. The molecule has 0 fully saturated rings. The minimum atomic E-state index is -0.575. The molecule has 29 heavy (non-hydrogen) atoms. The molecule has 1 aliphatic carbocycles. The van der Waals surface area contributed by atoms with Crippen molar-refractivity contribution >= 4 is 28.2 Å². The first-order valence-electron chi connectivity index (χ1n) is 9.63. The Morgan fingerprint density at radius 2 is 1.76 bits per heavy atom. The average Bonchev–Trinajstić information content (AvgIpc) is 3.17. The average molecular weight is 407 g/mol. The lowest BCUT2D eigenvalue weighted by atomic mass is 9.92. The summed E-state index contributed by atoms with van der Waals surface area (Å²) in [7, 11) is 0. The maximum atomic E-state index is 12.4. The molecule has 2 aromatic carbocycles. The number of aryl methyl sites for hydroxylation is 2. The van der Waals surface area contributed by atoms with E-state index >= 15 is 0 Å². The highest BCUT2D eigenvalue weighted by Crippen LogP contribution is 2.35.